The van der Waals surface area contributed by atoms with Gasteiger partial charge in [-0.2, -0.15) is 0 Å². The van der Waals surface area contributed by atoms with Gasteiger partial charge in [0.25, 0.3) is 0 Å². The van der Waals surface area contributed by atoms with Crippen LogP contribution >= 0.6 is 12.4 Å². The molecule has 1 fully saturated rings. The predicted octanol–water partition coefficient (Wildman–Crippen LogP) is 5.01. The zero-order valence-electron chi connectivity index (χ0n) is 20.1. The van der Waals surface area contributed by atoms with Crippen molar-refractivity contribution >= 4 is 29.8 Å². The molecule has 2 aromatic rings. The molecule has 0 unspecified atom stereocenters. The maximum absolute atomic E-state index is 13.0. The highest BCUT2D eigenvalue weighted by atomic mass is 35.5. The van der Waals surface area contributed by atoms with Gasteiger partial charge in [0, 0.05) is 25.1 Å². The molecule has 5 rings (SSSR count). The molecule has 2 aromatic carbocycles. The fourth-order valence-corrected chi connectivity index (χ4v) is 5.62. The van der Waals surface area contributed by atoms with Crippen LogP contribution in [0, 0.1) is 12.8 Å². The van der Waals surface area contributed by atoms with E-state index in [4.69, 9.17) is 4.74 Å². The Kier molecular flexibility index (Phi) is 7.95. The van der Waals surface area contributed by atoms with E-state index in [0.29, 0.717) is 25.4 Å². The number of halogens is 1. The Hall–Kier alpha value is -2.37. The summed E-state index contributed by atoms with van der Waals surface area (Å²) in [5.74, 6) is 2.02. The van der Waals surface area contributed by atoms with E-state index in [1.165, 1.54) is 11.1 Å². The summed E-state index contributed by atoms with van der Waals surface area (Å²) in [6.07, 6.45) is 6.28. The Balaban J connectivity index is 0.00000274. The number of aryl methyl sites for hydroxylation is 2. The molecule has 0 atom stereocenters. The number of hydrogen-bond donors (Lipinski definition) is 0. The average molecular weight is 483 g/mol. The normalized spacial score (nSPS) is 17.9. The smallest absolute Gasteiger partial charge is 0.231 e. The van der Waals surface area contributed by atoms with Crippen molar-refractivity contribution in [1.82, 2.24) is 4.90 Å². The molecule has 1 amide bonds. The second kappa shape index (κ2) is 10.9. The van der Waals surface area contributed by atoms with Crippen LogP contribution in [0.4, 0.5) is 5.69 Å². The second-order valence-electron chi connectivity index (χ2n) is 9.83. The van der Waals surface area contributed by atoms with Crippen LogP contribution in [0.15, 0.2) is 36.4 Å². The summed E-state index contributed by atoms with van der Waals surface area (Å²) >= 11 is 0. The van der Waals surface area contributed by atoms with Crippen LogP contribution < -0.4 is 9.64 Å². The molecular weight excluding hydrogens is 448 g/mol. The Morgan fingerprint density at radius 1 is 1.09 bits per heavy atom. The standard InChI is InChI=1S/C28H34N2O3.ClH/c1-20-5-2-3-7-26(20)33-16-15-29-13-10-21(11-14-29)8-9-25(31)23-17-22-6-4-12-30-27(32)19-24(18-23)28(22)30;/h2-3,5,7,17-18,21H,4,6,8-16,19H2,1H3;1H. The van der Waals surface area contributed by atoms with Crippen molar-refractivity contribution in [2.75, 3.05) is 37.7 Å². The van der Waals surface area contributed by atoms with E-state index in [1.54, 1.807) is 0 Å². The molecule has 5 nitrogen and oxygen atoms in total. The van der Waals surface area contributed by atoms with Crippen LogP contribution in [0.2, 0.25) is 0 Å². The molecule has 0 aromatic heterocycles. The maximum atomic E-state index is 13.0. The highest BCUT2D eigenvalue weighted by molar-refractivity contribution is 6.05. The minimum Gasteiger partial charge on any atom is -0.492 e. The van der Waals surface area contributed by atoms with Gasteiger partial charge < -0.3 is 9.64 Å². The topological polar surface area (TPSA) is 49.9 Å². The highest BCUT2D eigenvalue weighted by Crippen LogP contribution is 2.38. The molecule has 3 heterocycles. The lowest BCUT2D eigenvalue weighted by molar-refractivity contribution is -0.117. The number of para-hydroxylation sites is 1. The molecule has 0 spiro atoms. The first-order valence-electron chi connectivity index (χ1n) is 12.5. The molecule has 182 valence electrons. The van der Waals surface area contributed by atoms with E-state index in [2.05, 4.69) is 24.0 Å². The predicted molar refractivity (Wildman–Crippen MR) is 137 cm³/mol. The first-order chi connectivity index (χ1) is 16.1. The van der Waals surface area contributed by atoms with Crippen LogP contribution in [0.25, 0.3) is 0 Å². The molecular formula is C28H35ClN2O3. The van der Waals surface area contributed by atoms with Gasteiger partial charge in [-0.15, -0.1) is 12.4 Å². The van der Waals surface area contributed by atoms with E-state index in [9.17, 15) is 9.59 Å². The Morgan fingerprint density at radius 2 is 1.85 bits per heavy atom. The number of hydrogen-bond acceptors (Lipinski definition) is 4. The number of ketones is 1. The summed E-state index contributed by atoms with van der Waals surface area (Å²) in [4.78, 5) is 29.6. The average Bonchev–Trinajstić information content (AvgIpc) is 3.16. The molecule has 0 bridgehead atoms. The van der Waals surface area contributed by atoms with Crippen molar-refractivity contribution in [1.29, 1.82) is 0 Å². The van der Waals surface area contributed by atoms with Crippen LogP contribution in [-0.2, 0) is 17.6 Å². The summed E-state index contributed by atoms with van der Waals surface area (Å²) in [6.45, 7) is 6.73. The van der Waals surface area contributed by atoms with Crippen LogP contribution in [0.5, 0.6) is 5.75 Å². The molecule has 6 heteroatoms. The van der Waals surface area contributed by atoms with Gasteiger partial charge in [0.15, 0.2) is 5.78 Å². The van der Waals surface area contributed by atoms with Crippen molar-refractivity contribution in [2.45, 2.75) is 51.9 Å². The number of carbonyl (C=O) groups excluding carboxylic acids is 2. The Bertz CT molecular complexity index is 1050. The molecule has 3 aliphatic heterocycles. The fraction of sp³-hybridized carbons (Fsp3) is 0.500. The van der Waals surface area contributed by atoms with Gasteiger partial charge in [-0.25, -0.2) is 0 Å². The van der Waals surface area contributed by atoms with E-state index in [0.717, 1.165) is 80.8 Å². The van der Waals surface area contributed by atoms with Crippen LogP contribution in [-0.4, -0.2) is 49.4 Å². The fourth-order valence-electron chi connectivity index (χ4n) is 5.62. The molecule has 0 saturated carbocycles. The number of ether oxygens (including phenoxy) is 1. The zero-order valence-corrected chi connectivity index (χ0v) is 20.9. The minimum absolute atomic E-state index is 0. The van der Waals surface area contributed by atoms with E-state index in [-0.39, 0.29) is 24.1 Å². The Labute approximate surface area is 208 Å². The van der Waals surface area contributed by atoms with E-state index < -0.39 is 0 Å². The number of benzene rings is 2. The first kappa shape index (κ1) is 24.7. The van der Waals surface area contributed by atoms with Gasteiger partial charge in [-0.3, -0.25) is 14.5 Å². The third-order valence-electron chi connectivity index (χ3n) is 7.58. The SMILES string of the molecule is Cc1ccccc1OCCN1CCC(CCC(=O)c2cc3c4c(c2)CC(=O)N4CCC3)CC1.Cl. The minimum atomic E-state index is 0. The van der Waals surface area contributed by atoms with Crippen molar-refractivity contribution in [3.8, 4) is 5.75 Å². The molecule has 1 saturated heterocycles. The van der Waals surface area contributed by atoms with Gasteiger partial charge >= 0.3 is 0 Å². The zero-order chi connectivity index (χ0) is 22.8. The number of anilines is 1. The second-order valence-corrected chi connectivity index (χ2v) is 9.83. The van der Waals surface area contributed by atoms with Gasteiger partial charge in [-0.1, -0.05) is 18.2 Å². The number of Topliss-reactive ketones (excluding diaryl/α,β-unsaturated/α-hetero) is 1. The first-order valence-corrected chi connectivity index (χ1v) is 12.5. The van der Waals surface area contributed by atoms with Gasteiger partial charge in [0.2, 0.25) is 5.91 Å². The highest BCUT2D eigenvalue weighted by Gasteiger charge is 2.33. The maximum Gasteiger partial charge on any atom is 0.231 e. The summed E-state index contributed by atoms with van der Waals surface area (Å²) in [5, 5.41) is 0. The van der Waals surface area contributed by atoms with E-state index >= 15 is 0 Å². The monoisotopic (exact) mass is 482 g/mol. The molecule has 0 N–H and O–H groups in total. The van der Waals surface area contributed by atoms with Crippen molar-refractivity contribution in [3.05, 3.63) is 58.7 Å². The third kappa shape index (κ3) is 5.31. The molecule has 0 aliphatic carbocycles. The Morgan fingerprint density at radius 3 is 2.65 bits per heavy atom. The van der Waals surface area contributed by atoms with Crippen molar-refractivity contribution in [2.24, 2.45) is 5.92 Å². The molecule has 3 aliphatic rings. The van der Waals surface area contributed by atoms with Crippen LogP contribution in [0.3, 0.4) is 0 Å². The van der Waals surface area contributed by atoms with Gasteiger partial charge in [0.05, 0.1) is 12.1 Å². The number of nitrogens with zero attached hydrogens (tertiary/aromatic N) is 2. The summed E-state index contributed by atoms with van der Waals surface area (Å²) in [6, 6.07) is 12.2. The molecule has 34 heavy (non-hydrogen) atoms. The number of likely N-dealkylation sites (tertiary alicyclic amines) is 1. The number of carbonyl (C=O) groups is 2. The largest absolute Gasteiger partial charge is 0.492 e. The number of piperidine rings is 1. The summed E-state index contributed by atoms with van der Waals surface area (Å²) in [5.41, 5.74) is 5.33. The van der Waals surface area contributed by atoms with Gasteiger partial charge in [-0.05, 0) is 92.9 Å². The lowest BCUT2D eigenvalue weighted by atomic mass is 9.89. The summed E-state index contributed by atoms with van der Waals surface area (Å²) < 4.78 is 5.95. The quantitative estimate of drug-likeness (QED) is 0.496. The van der Waals surface area contributed by atoms with Crippen LogP contribution in [0.1, 0.15) is 59.2 Å². The number of rotatable bonds is 8. The third-order valence-corrected chi connectivity index (χ3v) is 7.58. The van der Waals surface area contributed by atoms with Gasteiger partial charge in [0.1, 0.15) is 12.4 Å². The van der Waals surface area contributed by atoms with E-state index in [1.807, 2.05) is 29.2 Å². The number of amides is 1. The summed E-state index contributed by atoms with van der Waals surface area (Å²) in [7, 11) is 0. The van der Waals surface area contributed by atoms with Crippen molar-refractivity contribution in [3.63, 3.8) is 0 Å². The lowest BCUT2D eigenvalue weighted by Crippen LogP contribution is -2.36. The lowest BCUT2D eigenvalue weighted by Gasteiger charge is -2.31. The molecule has 0 radical (unpaired) electrons. The van der Waals surface area contributed by atoms with Crippen molar-refractivity contribution < 1.29 is 14.3 Å².